The van der Waals surface area contributed by atoms with Crippen molar-refractivity contribution in [2.45, 2.75) is 16.6 Å². The van der Waals surface area contributed by atoms with Gasteiger partial charge in [0.2, 0.25) is 0 Å². The lowest BCUT2D eigenvalue weighted by Gasteiger charge is -2.18. The lowest BCUT2D eigenvalue weighted by Crippen LogP contribution is -2.08. The van der Waals surface area contributed by atoms with Gasteiger partial charge in [-0.15, -0.1) is 11.3 Å². The molecule has 148 valence electrons. The topological polar surface area (TPSA) is 47.0 Å². The molecule has 0 aliphatic carbocycles. The van der Waals surface area contributed by atoms with Gasteiger partial charge >= 0.3 is 0 Å². The van der Waals surface area contributed by atoms with Crippen LogP contribution in [-0.2, 0) is 0 Å². The summed E-state index contributed by atoms with van der Waals surface area (Å²) in [6.45, 7) is 2.63. The number of fused-ring (bicyclic) bond motifs is 1. The fourth-order valence-corrected chi connectivity index (χ4v) is 5.45. The molecule has 29 heavy (non-hydrogen) atoms. The Bertz CT molecular complexity index is 1120. The van der Waals surface area contributed by atoms with E-state index in [4.69, 9.17) is 21.3 Å². The monoisotopic (exact) mass is 505 g/mol. The van der Waals surface area contributed by atoms with E-state index in [1.54, 1.807) is 35.4 Å². The Balaban J connectivity index is 1.63. The molecule has 4 aromatic rings. The van der Waals surface area contributed by atoms with Crippen molar-refractivity contribution in [2.24, 2.45) is 0 Å². The van der Waals surface area contributed by atoms with E-state index in [1.807, 2.05) is 43.3 Å². The highest BCUT2D eigenvalue weighted by molar-refractivity contribution is 9.10. The molecule has 0 fully saturated rings. The third-order valence-electron chi connectivity index (χ3n) is 4.04. The van der Waals surface area contributed by atoms with Crippen molar-refractivity contribution in [2.75, 3.05) is 11.9 Å². The largest absolute Gasteiger partial charge is 0.494 e. The predicted molar refractivity (Wildman–Crippen MR) is 126 cm³/mol. The number of thiazole rings is 1. The fraction of sp³-hybridized carbons (Fsp3) is 0.143. The highest BCUT2D eigenvalue weighted by Crippen LogP contribution is 2.40. The number of aromatic nitrogens is 2. The molecular formula is C21H17BrClN3OS2. The molecule has 4 rings (SSSR count). The molecule has 8 heteroatoms. The molecule has 0 saturated heterocycles. The zero-order valence-corrected chi connectivity index (χ0v) is 19.4. The van der Waals surface area contributed by atoms with Crippen molar-refractivity contribution in [3.8, 4) is 5.75 Å². The second kappa shape index (κ2) is 9.34. The normalized spacial score (nSPS) is 12.1. The molecule has 2 aromatic heterocycles. The first-order chi connectivity index (χ1) is 14.1. The average Bonchev–Trinajstić information content (AvgIpc) is 3.10. The Morgan fingerprint density at radius 3 is 2.76 bits per heavy atom. The number of ether oxygens (including phenoxy) is 1. The van der Waals surface area contributed by atoms with Gasteiger partial charge in [0, 0.05) is 15.7 Å². The van der Waals surface area contributed by atoms with E-state index >= 15 is 0 Å². The van der Waals surface area contributed by atoms with Gasteiger partial charge in [-0.1, -0.05) is 51.4 Å². The van der Waals surface area contributed by atoms with Crippen LogP contribution in [0.25, 0.3) is 10.2 Å². The first-order valence-electron chi connectivity index (χ1n) is 8.94. The zero-order chi connectivity index (χ0) is 20.2. The average molecular weight is 507 g/mol. The van der Waals surface area contributed by atoms with Crippen molar-refractivity contribution < 1.29 is 4.74 Å². The van der Waals surface area contributed by atoms with Crippen LogP contribution in [0.1, 0.15) is 17.9 Å². The summed E-state index contributed by atoms with van der Waals surface area (Å²) in [5.74, 6) is 1.59. The molecule has 2 aromatic carbocycles. The lowest BCUT2D eigenvalue weighted by atomic mass is 10.2. The number of nitrogens with one attached hydrogen (secondary N) is 1. The molecule has 0 aliphatic rings. The predicted octanol–water partition coefficient (Wildman–Crippen LogP) is 7.41. The molecule has 1 atom stereocenters. The van der Waals surface area contributed by atoms with Gasteiger partial charge < -0.3 is 10.1 Å². The summed E-state index contributed by atoms with van der Waals surface area (Å²) in [6, 6.07) is 17.8. The summed E-state index contributed by atoms with van der Waals surface area (Å²) in [6.07, 6.45) is 1.70. The van der Waals surface area contributed by atoms with Gasteiger partial charge in [-0.2, -0.15) is 0 Å². The molecule has 0 amide bonds. The molecular weight excluding hydrogens is 490 g/mol. The number of benzene rings is 2. The Kier molecular flexibility index (Phi) is 6.60. The van der Waals surface area contributed by atoms with Gasteiger partial charge in [0.1, 0.15) is 16.9 Å². The maximum Gasteiger partial charge on any atom is 0.153 e. The minimum Gasteiger partial charge on any atom is -0.494 e. The van der Waals surface area contributed by atoms with E-state index in [2.05, 4.69) is 38.4 Å². The maximum atomic E-state index is 6.13. The van der Waals surface area contributed by atoms with Gasteiger partial charge in [0.15, 0.2) is 4.34 Å². The van der Waals surface area contributed by atoms with Crippen LogP contribution in [0.5, 0.6) is 5.75 Å². The van der Waals surface area contributed by atoms with Crippen molar-refractivity contribution in [1.29, 1.82) is 0 Å². The molecule has 4 nitrogen and oxygen atoms in total. The van der Waals surface area contributed by atoms with Crippen LogP contribution >= 0.6 is 50.6 Å². The molecule has 0 unspecified atom stereocenters. The molecule has 0 spiro atoms. The van der Waals surface area contributed by atoms with Crippen LogP contribution in [0.3, 0.4) is 0 Å². The van der Waals surface area contributed by atoms with Crippen molar-refractivity contribution in [1.82, 2.24) is 9.97 Å². The van der Waals surface area contributed by atoms with Crippen LogP contribution in [0, 0.1) is 0 Å². The van der Waals surface area contributed by atoms with Gasteiger partial charge in [0.05, 0.1) is 16.8 Å². The molecule has 0 saturated carbocycles. The quantitative estimate of drug-likeness (QED) is 0.209. The summed E-state index contributed by atoms with van der Waals surface area (Å²) < 4.78 is 8.72. The SMILES string of the molecule is CCOc1ccc2nc(S[C@@H](Nc3cc(Cl)ccn3)c3ccc(Br)cc3)sc2c1. The van der Waals surface area contributed by atoms with E-state index in [-0.39, 0.29) is 5.37 Å². The summed E-state index contributed by atoms with van der Waals surface area (Å²) in [5.41, 5.74) is 2.09. The second-order valence-electron chi connectivity index (χ2n) is 6.10. The number of rotatable bonds is 7. The standard InChI is InChI=1S/C21H17BrClN3OS2/c1-2-27-16-7-8-17-18(12-16)28-21(25-17)29-20(13-3-5-14(22)6-4-13)26-19-11-15(23)9-10-24-19/h3-12,20H,2H2,1H3,(H,24,26)/t20-/m1/s1. The van der Waals surface area contributed by atoms with Crippen molar-refractivity contribution in [3.63, 3.8) is 0 Å². The van der Waals surface area contributed by atoms with Gasteiger partial charge in [-0.05, 0) is 55.0 Å². The maximum absolute atomic E-state index is 6.13. The van der Waals surface area contributed by atoms with Crippen molar-refractivity contribution in [3.05, 3.63) is 75.9 Å². The summed E-state index contributed by atoms with van der Waals surface area (Å²) in [5, 5.41) is 4.05. The number of halogens is 2. The Morgan fingerprint density at radius 2 is 2.00 bits per heavy atom. The van der Waals surface area contributed by atoms with E-state index < -0.39 is 0 Å². The van der Waals surface area contributed by atoms with E-state index in [0.717, 1.165) is 36.2 Å². The number of pyridine rings is 1. The third kappa shape index (κ3) is 5.22. The highest BCUT2D eigenvalue weighted by Gasteiger charge is 2.17. The summed E-state index contributed by atoms with van der Waals surface area (Å²) in [4.78, 5) is 9.17. The molecule has 2 heterocycles. The number of hydrogen-bond acceptors (Lipinski definition) is 6. The van der Waals surface area contributed by atoms with Gasteiger partial charge in [-0.25, -0.2) is 9.97 Å². The van der Waals surface area contributed by atoms with Crippen LogP contribution in [0.4, 0.5) is 5.82 Å². The molecule has 0 radical (unpaired) electrons. The fourth-order valence-electron chi connectivity index (χ4n) is 2.73. The molecule has 0 aliphatic heterocycles. The molecule has 0 bridgehead atoms. The Hall–Kier alpha value is -1.80. The smallest absolute Gasteiger partial charge is 0.153 e. The highest BCUT2D eigenvalue weighted by atomic mass is 79.9. The summed E-state index contributed by atoms with van der Waals surface area (Å²) in [7, 11) is 0. The van der Waals surface area contributed by atoms with Crippen molar-refractivity contribution >= 4 is 66.7 Å². The Morgan fingerprint density at radius 1 is 1.17 bits per heavy atom. The van der Waals surface area contributed by atoms with E-state index in [1.165, 1.54) is 0 Å². The summed E-state index contributed by atoms with van der Waals surface area (Å²) >= 11 is 12.9. The second-order valence-corrected chi connectivity index (χ2v) is 9.83. The lowest BCUT2D eigenvalue weighted by molar-refractivity contribution is 0.341. The number of nitrogens with zero attached hydrogens (tertiary/aromatic N) is 2. The van der Waals surface area contributed by atoms with Crippen LogP contribution in [-0.4, -0.2) is 16.6 Å². The van der Waals surface area contributed by atoms with Gasteiger partial charge in [-0.3, -0.25) is 0 Å². The zero-order valence-electron chi connectivity index (χ0n) is 15.4. The van der Waals surface area contributed by atoms with Gasteiger partial charge in [0.25, 0.3) is 0 Å². The molecule has 1 N–H and O–H groups in total. The number of hydrogen-bond donors (Lipinski definition) is 1. The van der Waals surface area contributed by atoms with Crippen LogP contribution in [0.2, 0.25) is 5.02 Å². The van der Waals surface area contributed by atoms with Crippen LogP contribution < -0.4 is 10.1 Å². The van der Waals surface area contributed by atoms with Crippen LogP contribution in [0.15, 0.2) is 69.6 Å². The third-order valence-corrected chi connectivity index (χ3v) is 7.08. The minimum atomic E-state index is -0.0685. The Labute approximate surface area is 190 Å². The number of anilines is 1. The van der Waals surface area contributed by atoms with E-state index in [9.17, 15) is 0 Å². The van der Waals surface area contributed by atoms with E-state index in [0.29, 0.717) is 11.6 Å². The number of thioether (sulfide) groups is 1. The first-order valence-corrected chi connectivity index (χ1v) is 11.8. The minimum absolute atomic E-state index is 0.0685. The first kappa shape index (κ1) is 20.5.